The molecule has 2 aliphatic rings. The number of likely N-dealkylation sites (N-methyl/N-ethyl adjacent to an activating group) is 3. The van der Waals surface area contributed by atoms with Gasteiger partial charge in [-0.2, -0.15) is 0 Å². The van der Waals surface area contributed by atoms with Crippen LogP contribution in [-0.4, -0.2) is 126 Å². The van der Waals surface area contributed by atoms with Crippen molar-refractivity contribution in [2.24, 2.45) is 5.92 Å². The summed E-state index contributed by atoms with van der Waals surface area (Å²) in [7, 11) is 5.15. The van der Waals surface area contributed by atoms with Gasteiger partial charge in [-0.1, -0.05) is 20.8 Å². The maximum Gasteiger partial charge on any atom is 0.245 e. The average Bonchev–Trinajstić information content (AvgIpc) is 3.96. The van der Waals surface area contributed by atoms with Crippen molar-refractivity contribution in [3.8, 4) is 11.5 Å². The molecule has 2 aliphatic heterocycles. The summed E-state index contributed by atoms with van der Waals surface area (Å²) < 4.78 is 46.4. The summed E-state index contributed by atoms with van der Waals surface area (Å²) in [6.07, 6.45) is 2.36. The Balaban J connectivity index is 0.00000117. The molecule has 2 aromatic heterocycles. The molecular weight excluding hydrogens is 740 g/mol. The van der Waals surface area contributed by atoms with Gasteiger partial charge in [0.05, 0.1) is 48.4 Å². The number of aromatic amines is 1. The number of likely N-dealkylation sites (tertiary alicyclic amines) is 2. The Morgan fingerprint density at radius 1 is 1.00 bits per heavy atom. The van der Waals surface area contributed by atoms with E-state index in [1.807, 2.05) is 30.2 Å². The van der Waals surface area contributed by atoms with Gasteiger partial charge in [-0.3, -0.25) is 14.4 Å². The van der Waals surface area contributed by atoms with Gasteiger partial charge in [-0.25, -0.2) is 18.2 Å². The largest absolute Gasteiger partial charge is 0.352 e. The monoisotopic (exact) mass is 795 g/mol. The molecule has 6 rings (SSSR count). The number of halogens is 3. The lowest BCUT2D eigenvalue weighted by molar-refractivity contribution is -0.138. The molecule has 16 heteroatoms. The third-order valence-corrected chi connectivity index (χ3v) is 10.9. The molecule has 0 bridgehead atoms. The Bertz CT molecular complexity index is 2030. The van der Waals surface area contributed by atoms with E-state index in [2.05, 4.69) is 26.3 Å². The zero-order chi connectivity index (χ0) is 41.4. The predicted octanol–water partition coefficient (Wildman–Crippen LogP) is 3.70. The first kappa shape index (κ1) is 43.3. The van der Waals surface area contributed by atoms with Gasteiger partial charge in [0, 0.05) is 42.5 Å². The molecule has 2 aromatic carbocycles. The van der Waals surface area contributed by atoms with Crippen LogP contribution in [0.2, 0.25) is 0 Å². The SMILES string of the molecule is CCC(NC)C(=O)N1CCCC1Cc1c(-c2nc3cc(F)ccc3n2CC2CC(F)CN2C(=O)C(NC(=O)CNC)C(C)C)[nH]c2cc(F)ccc12.CNCC=O. The number of H-pyrrole nitrogens is 1. The summed E-state index contributed by atoms with van der Waals surface area (Å²) in [5, 5.41) is 12.1. The highest BCUT2D eigenvalue weighted by atomic mass is 19.1. The summed E-state index contributed by atoms with van der Waals surface area (Å²) in [4.78, 5) is 61.2. The number of alkyl halides is 1. The van der Waals surface area contributed by atoms with E-state index in [4.69, 9.17) is 4.98 Å². The van der Waals surface area contributed by atoms with Crippen molar-refractivity contribution in [1.82, 2.24) is 45.6 Å². The number of benzene rings is 2. The summed E-state index contributed by atoms with van der Waals surface area (Å²) in [6.45, 7) is 6.76. The normalized spacial score (nSPS) is 19.2. The number of carbonyl (C=O) groups is 4. The van der Waals surface area contributed by atoms with Crippen molar-refractivity contribution in [1.29, 1.82) is 0 Å². The van der Waals surface area contributed by atoms with Gasteiger partial charge in [-0.05, 0) is 88.6 Å². The number of hydrogen-bond acceptors (Lipinski definition) is 8. The van der Waals surface area contributed by atoms with Crippen LogP contribution in [0, 0.1) is 17.6 Å². The highest BCUT2D eigenvalue weighted by Crippen LogP contribution is 2.37. The van der Waals surface area contributed by atoms with E-state index in [0.717, 1.165) is 30.1 Å². The van der Waals surface area contributed by atoms with Gasteiger partial charge < -0.3 is 45.4 Å². The van der Waals surface area contributed by atoms with E-state index < -0.39 is 29.9 Å². The molecule has 0 saturated carbocycles. The molecule has 5 atom stereocenters. The molecular formula is C41H56F3N9O4. The summed E-state index contributed by atoms with van der Waals surface area (Å²) in [6, 6.07) is 6.93. The van der Waals surface area contributed by atoms with Crippen LogP contribution in [0.5, 0.6) is 0 Å². The van der Waals surface area contributed by atoms with Gasteiger partial charge in [0.1, 0.15) is 30.1 Å². The van der Waals surface area contributed by atoms with E-state index >= 15 is 4.39 Å². The molecule has 0 spiro atoms. The number of hydrogen-bond donors (Lipinski definition) is 5. The minimum Gasteiger partial charge on any atom is -0.352 e. The highest BCUT2D eigenvalue weighted by molar-refractivity contribution is 5.92. The van der Waals surface area contributed by atoms with Gasteiger partial charge in [0.25, 0.3) is 0 Å². The molecule has 2 fully saturated rings. The number of amides is 3. The van der Waals surface area contributed by atoms with Crippen LogP contribution in [0.1, 0.15) is 52.0 Å². The van der Waals surface area contributed by atoms with Crippen molar-refractivity contribution >= 4 is 45.9 Å². The number of aldehydes is 1. The fraction of sp³-hybridized carbons (Fsp3) is 0.537. The second kappa shape index (κ2) is 19.6. The summed E-state index contributed by atoms with van der Waals surface area (Å²) in [5.41, 5.74) is 2.93. The zero-order valence-corrected chi connectivity index (χ0v) is 33.6. The first-order chi connectivity index (χ1) is 27.3. The van der Waals surface area contributed by atoms with Gasteiger partial charge in [0.2, 0.25) is 17.7 Å². The fourth-order valence-corrected chi connectivity index (χ4v) is 8.06. The standard InChI is InChI=1S/C38H49F3N8O3.C3H7NO/c1-6-29(43-5)37(51)47-13-7-8-25(47)17-28-27-11-9-22(39)15-30(27)44-35(28)36-45-31-16-23(40)10-12-32(31)49(36)20-26-14-24(41)19-48(26)38(52)34(21(2)3)46-33(50)18-42-4;1-4-2-3-5/h9-12,15-16,21,24-26,29,34,42-44H,6-8,13-14,17-20H2,1-5H3,(H,46,50);3-4H,2H2,1H3. The molecule has 2 saturated heterocycles. The average molecular weight is 796 g/mol. The number of rotatable bonds is 15. The summed E-state index contributed by atoms with van der Waals surface area (Å²) in [5.74, 6) is -1.39. The molecule has 13 nitrogen and oxygen atoms in total. The molecule has 0 aliphatic carbocycles. The Morgan fingerprint density at radius 2 is 1.74 bits per heavy atom. The highest BCUT2D eigenvalue weighted by Gasteiger charge is 2.41. The number of imidazole rings is 1. The fourth-order valence-electron chi connectivity index (χ4n) is 8.06. The maximum absolute atomic E-state index is 15.3. The Hall–Kier alpha value is -4.80. The van der Waals surface area contributed by atoms with E-state index in [1.54, 1.807) is 33.3 Å². The predicted molar refractivity (Wildman–Crippen MR) is 214 cm³/mol. The molecule has 3 amide bonds. The van der Waals surface area contributed by atoms with Crippen molar-refractivity contribution < 1.29 is 32.3 Å². The first-order valence-electron chi connectivity index (χ1n) is 19.8. The van der Waals surface area contributed by atoms with Crippen LogP contribution in [0.15, 0.2) is 36.4 Å². The minimum atomic E-state index is -1.28. The molecule has 0 radical (unpaired) electrons. The number of fused-ring (bicyclic) bond motifs is 2. The number of carbonyl (C=O) groups excluding carboxylic acids is 4. The van der Waals surface area contributed by atoms with E-state index in [9.17, 15) is 28.0 Å². The molecule has 4 heterocycles. The molecule has 310 valence electrons. The van der Waals surface area contributed by atoms with Crippen LogP contribution in [0.25, 0.3) is 33.5 Å². The van der Waals surface area contributed by atoms with Crippen LogP contribution in [0.3, 0.4) is 0 Å². The van der Waals surface area contributed by atoms with Crippen LogP contribution >= 0.6 is 0 Å². The van der Waals surface area contributed by atoms with E-state index in [-0.39, 0.29) is 61.8 Å². The third-order valence-electron chi connectivity index (χ3n) is 10.9. The third kappa shape index (κ3) is 9.84. The van der Waals surface area contributed by atoms with Crippen molar-refractivity contribution in [3.63, 3.8) is 0 Å². The second-order valence-electron chi connectivity index (χ2n) is 15.2. The lowest BCUT2D eigenvalue weighted by Crippen LogP contribution is -2.54. The molecule has 57 heavy (non-hydrogen) atoms. The van der Waals surface area contributed by atoms with Crippen LogP contribution in [-0.2, 0) is 32.1 Å². The lowest BCUT2D eigenvalue weighted by Gasteiger charge is -2.31. The van der Waals surface area contributed by atoms with Crippen molar-refractivity contribution in [2.75, 3.05) is 47.3 Å². The van der Waals surface area contributed by atoms with Crippen molar-refractivity contribution in [3.05, 3.63) is 53.6 Å². The summed E-state index contributed by atoms with van der Waals surface area (Å²) >= 11 is 0. The Labute approximate surface area is 331 Å². The maximum atomic E-state index is 15.3. The Morgan fingerprint density at radius 3 is 2.39 bits per heavy atom. The van der Waals surface area contributed by atoms with Crippen LogP contribution < -0.4 is 21.3 Å². The van der Waals surface area contributed by atoms with Crippen molar-refractivity contribution in [2.45, 2.75) is 89.8 Å². The smallest absolute Gasteiger partial charge is 0.245 e. The number of nitrogens with one attached hydrogen (secondary N) is 5. The number of aromatic nitrogens is 3. The Kier molecular flexibility index (Phi) is 14.9. The minimum absolute atomic E-state index is 0.0325. The van der Waals surface area contributed by atoms with Crippen LogP contribution in [0.4, 0.5) is 13.2 Å². The van der Waals surface area contributed by atoms with Gasteiger partial charge >= 0.3 is 0 Å². The van der Waals surface area contributed by atoms with E-state index in [0.29, 0.717) is 54.0 Å². The molecule has 5 N–H and O–H groups in total. The topological polar surface area (TPSA) is 156 Å². The quantitative estimate of drug-likeness (QED) is 0.114. The molecule has 4 aromatic rings. The van der Waals surface area contributed by atoms with E-state index in [1.165, 1.54) is 29.2 Å². The first-order valence-corrected chi connectivity index (χ1v) is 19.8. The van der Waals surface area contributed by atoms with Gasteiger partial charge in [-0.15, -0.1) is 0 Å². The molecule has 5 unspecified atom stereocenters. The zero-order valence-electron chi connectivity index (χ0n) is 33.6. The lowest BCUT2D eigenvalue weighted by atomic mass is 9.99. The number of nitrogens with zero attached hydrogens (tertiary/aromatic N) is 4. The van der Waals surface area contributed by atoms with Gasteiger partial charge in [0.15, 0.2) is 5.82 Å². The second-order valence-corrected chi connectivity index (χ2v) is 15.2.